The Labute approximate surface area is 173 Å². The van der Waals surface area contributed by atoms with Gasteiger partial charge < -0.3 is 14.8 Å². The van der Waals surface area contributed by atoms with Crippen molar-refractivity contribution >= 4 is 33.2 Å². The summed E-state index contributed by atoms with van der Waals surface area (Å²) in [6.45, 7) is 3.13. The van der Waals surface area contributed by atoms with Crippen LogP contribution in [0.5, 0.6) is 11.5 Å². The van der Waals surface area contributed by atoms with E-state index in [-0.39, 0.29) is 0 Å². The van der Waals surface area contributed by atoms with Crippen LogP contribution in [0.1, 0.15) is 16.7 Å². The standard InChI is InChI=1S/C22H21BrClNO2/c1-15-3-5-16(6-4-15)14-27-22-20(24)11-17(12-21(22)26-2)13-25-19-9-7-18(23)8-10-19/h3-12,25H,13-14H2,1-2H3. The predicted octanol–water partition coefficient (Wildman–Crippen LogP) is 6.61. The molecule has 3 aromatic rings. The summed E-state index contributed by atoms with van der Waals surface area (Å²) in [5, 5.41) is 3.91. The lowest BCUT2D eigenvalue weighted by molar-refractivity contribution is 0.284. The van der Waals surface area contributed by atoms with E-state index >= 15 is 0 Å². The number of benzene rings is 3. The molecule has 0 aromatic heterocycles. The minimum absolute atomic E-state index is 0.437. The molecule has 0 unspecified atom stereocenters. The lowest BCUT2D eigenvalue weighted by atomic mass is 10.1. The Morgan fingerprint density at radius 2 is 1.67 bits per heavy atom. The first kappa shape index (κ1) is 19.6. The quantitative estimate of drug-likeness (QED) is 0.443. The van der Waals surface area contributed by atoms with Crippen molar-refractivity contribution in [1.29, 1.82) is 0 Å². The van der Waals surface area contributed by atoms with E-state index in [2.05, 4.69) is 40.3 Å². The summed E-state index contributed by atoms with van der Waals surface area (Å²) in [6, 6.07) is 20.1. The van der Waals surface area contributed by atoms with Crippen LogP contribution in [-0.2, 0) is 13.2 Å². The second-order valence-corrected chi connectivity index (χ2v) is 7.57. The Morgan fingerprint density at radius 3 is 2.33 bits per heavy atom. The van der Waals surface area contributed by atoms with Gasteiger partial charge in [0.05, 0.1) is 12.1 Å². The molecule has 0 atom stereocenters. The minimum atomic E-state index is 0.437. The summed E-state index contributed by atoms with van der Waals surface area (Å²) in [4.78, 5) is 0. The zero-order chi connectivity index (χ0) is 19.2. The first-order valence-electron chi connectivity index (χ1n) is 8.59. The number of ether oxygens (including phenoxy) is 2. The normalized spacial score (nSPS) is 10.5. The Balaban J connectivity index is 1.70. The molecule has 5 heteroatoms. The molecular formula is C22H21BrClNO2. The molecule has 0 aliphatic rings. The highest BCUT2D eigenvalue weighted by molar-refractivity contribution is 9.10. The number of aryl methyl sites for hydroxylation is 1. The van der Waals surface area contributed by atoms with Crippen molar-refractivity contribution in [2.24, 2.45) is 0 Å². The lowest BCUT2D eigenvalue weighted by Crippen LogP contribution is -2.02. The van der Waals surface area contributed by atoms with E-state index in [1.807, 2.05) is 48.5 Å². The van der Waals surface area contributed by atoms with Crippen LogP contribution in [0.2, 0.25) is 5.02 Å². The summed E-state index contributed by atoms with van der Waals surface area (Å²) < 4.78 is 12.5. The highest BCUT2D eigenvalue weighted by atomic mass is 79.9. The summed E-state index contributed by atoms with van der Waals surface area (Å²) in [6.07, 6.45) is 0. The van der Waals surface area contributed by atoms with Crippen LogP contribution in [0.15, 0.2) is 65.1 Å². The molecular weight excluding hydrogens is 426 g/mol. The molecule has 0 heterocycles. The molecule has 0 radical (unpaired) electrons. The first-order chi connectivity index (χ1) is 13.0. The highest BCUT2D eigenvalue weighted by Gasteiger charge is 2.12. The third kappa shape index (κ3) is 5.41. The molecule has 140 valence electrons. The SMILES string of the molecule is COc1cc(CNc2ccc(Br)cc2)cc(Cl)c1OCc1ccc(C)cc1. The maximum absolute atomic E-state index is 6.47. The highest BCUT2D eigenvalue weighted by Crippen LogP contribution is 2.37. The van der Waals surface area contributed by atoms with Crippen molar-refractivity contribution in [2.45, 2.75) is 20.1 Å². The maximum Gasteiger partial charge on any atom is 0.180 e. The molecule has 0 spiro atoms. The van der Waals surface area contributed by atoms with Crippen LogP contribution >= 0.6 is 27.5 Å². The van der Waals surface area contributed by atoms with E-state index in [0.717, 1.165) is 21.3 Å². The smallest absolute Gasteiger partial charge is 0.180 e. The van der Waals surface area contributed by atoms with Gasteiger partial charge in [-0.15, -0.1) is 0 Å². The summed E-state index contributed by atoms with van der Waals surface area (Å²) >= 11 is 9.91. The Bertz CT molecular complexity index is 895. The molecule has 0 aliphatic carbocycles. The third-order valence-electron chi connectivity index (χ3n) is 4.13. The Hall–Kier alpha value is -2.17. The summed E-state index contributed by atoms with van der Waals surface area (Å²) in [5.74, 6) is 1.19. The van der Waals surface area contributed by atoms with Gasteiger partial charge in [-0.25, -0.2) is 0 Å². The van der Waals surface area contributed by atoms with E-state index in [1.165, 1.54) is 5.56 Å². The Morgan fingerprint density at radius 1 is 0.963 bits per heavy atom. The van der Waals surface area contributed by atoms with E-state index in [1.54, 1.807) is 7.11 Å². The summed E-state index contributed by atoms with van der Waals surface area (Å²) in [5.41, 5.74) is 4.35. The molecule has 27 heavy (non-hydrogen) atoms. The zero-order valence-electron chi connectivity index (χ0n) is 15.3. The fourth-order valence-electron chi connectivity index (χ4n) is 2.63. The molecule has 0 bridgehead atoms. The largest absolute Gasteiger partial charge is 0.493 e. The van der Waals surface area contributed by atoms with E-state index in [0.29, 0.717) is 29.7 Å². The minimum Gasteiger partial charge on any atom is -0.493 e. The van der Waals surface area contributed by atoms with Gasteiger partial charge in [-0.1, -0.05) is 57.4 Å². The number of nitrogens with one attached hydrogen (secondary N) is 1. The van der Waals surface area contributed by atoms with Crippen molar-refractivity contribution < 1.29 is 9.47 Å². The van der Waals surface area contributed by atoms with Gasteiger partial charge >= 0.3 is 0 Å². The third-order valence-corrected chi connectivity index (χ3v) is 4.94. The molecule has 3 nitrogen and oxygen atoms in total. The fraction of sp³-hybridized carbons (Fsp3) is 0.182. The van der Waals surface area contributed by atoms with Crippen LogP contribution in [0.3, 0.4) is 0 Å². The average Bonchev–Trinajstić information content (AvgIpc) is 2.67. The number of methoxy groups -OCH3 is 1. The molecule has 0 saturated carbocycles. The van der Waals surface area contributed by atoms with E-state index in [4.69, 9.17) is 21.1 Å². The van der Waals surface area contributed by atoms with Crippen molar-refractivity contribution in [3.63, 3.8) is 0 Å². The lowest BCUT2D eigenvalue weighted by Gasteiger charge is -2.15. The molecule has 0 amide bonds. The Kier molecular flexibility index (Phi) is 6.64. The van der Waals surface area contributed by atoms with Crippen molar-refractivity contribution in [1.82, 2.24) is 0 Å². The summed E-state index contributed by atoms with van der Waals surface area (Å²) in [7, 11) is 1.62. The zero-order valence-corrected chi connectivity index (χ0v) is 17.6. The van der Waals surface area contributed by atoms with Crippen molar-refractivity contribution in [3.05, 3.63) is 86.8 Å². The average molecular weight is 447 g/mol. The second-order valence-electron chi connectivity index (χ2n) is 6.24. The van der Waals surface area contributed by atoms with E-state index in [9.17, 15) is 0 Å². The van der Waals surface area contributed by atoms with Gasteiger partial charge in [0, 0.05) is 16.7 Å². The van der Waals surface area contributed by atoms with Crippen molar-refractivity contribution in [2.75, 3.05) is 12.4 Å². The monoisotopic (exact) mass is 445 g/mol. The fourth-order valence-corrected chi connectivity index (χ4v) is 3.18. The number of rotatable bonds is 7. The molecule has 3 rings (SSSR count). The van der Waals surface area contributed by atoms with E-state index < -0.39 is 0 Å². The van der Waals surface area contributed by atoms with Crippen LogP contribution in [-0.4, -0.2) is 7.11 Å². The van der Waals surface area contributed by atoms with Crippen molar-refractivity contribution in [3.8, 4) is 11.5 Å². The number of hydrogen-bond donors (Lipinski definition) is 1. The predicted molar refractivity (Wildman–Crippen MR) is 115 cm³/mol. The number of anilines is 1. The van der Waals surface area contributed by atoms with Gasteiger partial charge in [-0.3, -0.25) is 0 Å². The second kappa shape index (κ2) is 9.16. The molecule has 3 aromatic carbocycles. The first-order valence-corrected chi connectivity index (χ1v) is 9.76. The molecule has 0 aliphatic heterocycles. The van der Waals surface area contributed by atoms with Gasteiger partial charge in [0.15, 0.2) is 11.5 Å². The number of hydrogen-bond acceptors (Lipinski definition) is 3. The van der Waals surface area contributed by atoms with Crippen LogP contribution < -0.4 is 14.8 Å². The molecule has 0 fully saturated rings. The molecule has 0 saturated heterocycles. The topological polar surface area (TPSA) is 30.5 Å². The van der Waals surface area contributed by atoms with Gasteiger partial charge in [0.1, 0.15) is 6.61 Å². The van der Waals surface area contributed by atoms with Crippen LogP contribution in [0, 0.1) is 6.92 Å². The van der Waals surface area contributed by atoms with Crippen LogP contribution in [0.4, 0.5) is 5.69 Å². The van der Waals surface area contributed by atoms with Crippen LogP contribution in [0.25, 0.3) is 0 Å². The molecule has 1 N–H and O–H groups in total. The van der Waals surface area contributed by atoms with Gasteiger partial charge in [0.2, 0.25) is 0 Å². The number of halogens is 2. The van der Waals surface area contributed by atoms with Gasteiger partial charge in [-0.2, -0.15) is 0 Å². The van der Waals surface area contributed by atoms with Gasteiger partial charge in [-0.05, 0) is 54.4 Å². The van der Waals surface area contributed by atoms with Gasteiger partial charge in [0.25, 0.3) is 0 Å². The maximum atomic E-state index is 6.47.